The molecule has 18 heavy (non-hydrogen) atoms. The molecule has 0 aromatic carbocycles. The summed E-state index contributed by atoms with van der Waals surface area (Å²) in [4.78, 5) is 25.5. The van der Waals surface area contributed by atoms with Gasteiger partial charge in [0, 0.05) is 12.6 Å². The van der Waals surface area contributed by atoms with Crippen LogP contribution in [0.5, 0.6) is 0 Å². The topological polar surface area (TPSA) is 61.4 Å². The van der Waals surface area contributed by atoms with Gasteiger partial charge in [0.05, 0.1) is 12.6 Å². The summed E-state index contributed by atoms with van der Waals surface area (Å²) in [6, 6.07) is 0.0111. The maximum absolute atomic E-state index is 12.1. The Morgan fingerprint density at radius 2 is 2.22 bits per heavy atom. The van der Waals surface area contributed by atoms with E-state index in [-0.39, 0.29) is 30.4 Å². The standard InChI is InChI=1S/C13H25N3O2/c1-4-7-14-11-6-5-8-16(13(11)18)9-12(17)15-10(2)3/h10-11,14H,4-9H2,1-3H3,(H,15,17). The van der Waals surface area contributed by atoms with Crippen molar-refractivity contribution in [2.45, 2.75) is 52.1 Å². The molecule has 1 unspecified atom stereocenters. The van der Waals surface area contributed by atoms with Crippen molar-refractivity contribution in [2.75, 3.05) is 19.6 Å². The first-order valence-electron chi connectivity index (χ1n) is 6.86. The molecule has 0 aliphatic carbocycles. The molecule has 0 bridgehead atoms. The van der Waals surface area contributed by atoms with Crippen LogP contribution >= 0.6 is 0 Å². The highest BCUT2D eigenvalue weighted by molar-refractivity contribution is 5.88. The zero-order chi connectivity index (χ0) is 13.5. The summed E-state index contributed by atoms with van der Waals surface area (Å²) in [5.41, 5.74) is 0. The smallest absolute Gasteiger partial charge is 0.240 e. The van der Waals surface area contributed by atoms with Crippen LogP contribution in [0, 0.1) is 0 Å². The van der Waals surface area contributed by atoms with Crippen LogP contribution in [0.15, 0.2) is 0 Å². The Kier molecular flexibility index (Phi) is 6.12. The average Bonchev–Trinajstić information content (AvgIpc) is 2.29. The van der Waals surface area contributed by atoms with Crippen molar-refractivity contribution in [1.29, 1.82) is 0 Å². The van der Waals surface area contributed by atoms with Crippen LogP contribution in [-0.4, -0.2) is 48.4 Å². The summed E-state index contributed by atoms with van der Waals surface area (Å²) >= 11 is 0. The summed E-state index contributed by atoms with van der Waals surface area (Å²) in [6.45, 7) is 7.63. The molecule has 5 heteroatoms. The fourth-order valence-electron chi connectivity index (χ4n) is 2.15. The first-order chi connectivity index (χ1) is 8.54. The van der Waals surface area contributed by atoms with E-state index in [9.17, 15) is 9.59 Å². The number of amides is 2. The predicted molar refractivity (Wildman–Crippen MR) is 71.2 cm³/mol. The lowest BCUT2D eigenvalue weighted by Gasteiger charge is -2.32. The van der Waals surface area contributed by atoms with E-state index in [0.29, 0.717) is 6.54 Å². The van der Waals surface area contributed by atoms with Gasteiger partial charge in [-0.1, -0.05) is 6.92 Å². The number of carbonyl (C=O) groups excluding carboxylic acids is 2. The largest absolute Gasteiger partial charge is 0.352 e. The zero-order valence-electron chi connectivity index (χ0n) is 11.7. The Bertz CT molecular complexity index is 292. The molecule has 1 atom stereocenters. The number of nitrogens with zero attached hydrogens (tertiary/aromatic N) is 1. The minimum atomic E-state index is -0.106. The number of piperidine rings is 1. The molecule has 1 fully saturated rings. The Morgan fingerprint density at radius 1 is 1.50 bits per heavy atom. The molecule has 5 nitrogen and oxygen atoms in total. The fraction of sp³-hybridized carbons (Fsp3) is 0.846. The van der Waals surface area contributed by atoms with Gasteiger partial charge >= 0.3 is 0 Å². The second kappa shape index (κ2) is 7.36. The van der Waals surface area contributed by atoms with Gasteiger partial charge in [-0.2, -0.15) is 0 Å². The highest BCUT2D eigenvalue weighted by Crippen LogP contribution is 2.11. The highest BCUT2D eigenvalue weighted by atomic mass is 16.2. The minimum absolute atomic E-state index is 0.0635. The third kappa shape index (κ3) is 4.64. The maximum Gasteiger partial charge on any atom is 0.240 e. The van der Waals surface area contributed by atoms with E-state index in [1.54, 1.807) is 4.90 Å². The van der Waals surface area contributed by atoms with E-state index in [1.165, 1.54) is 0 Å². The summed E-state index contributed by atoms with van der Waals surface area (Å²) < 4.78 is 0. The van der Waals surface area contributed by atoms with Crippen molar-refractivity contribution < 1.29 is 9.59 Å². The lowest BCUT2D eigenvalue weighted by atomic mass is 10.0. The van der Waals surface area contributed by atoms with E-state index in [2.05, 4.69) is 17.6 Å². The van der Waals surface area contributed by atoms with Crippen molar-refractivity contribution in [3.8, 4) is 0 Å². The minimum Gasteiger partial charge on any atom is -0.352 e. The van der Waals surface area contributed by atoms with Gasteiger partial charge in [-0.25, -0.2) is 0 Å². The molecule has 1 aliphatic heterocycles. The van der Waals surface area contributed by atoms with E-state index in [0.717, 1.165) is 25.8 Å². The van der Waals surface area contributed by atoms with Crippen molar-refractivity contribution in [1.82, 2.24) is 15.5 Å². The van der Waals surface area contributed by atoms with Crippen LogP contribution < -0.4 is 10.6 Å². The molecule has 1 heterocycles. The first-order valence-corrected chi connectivity index (χ1v) is 6.86. The second-order valence-electron chi connectivity index (χ2n) is 5.13. The molecular formula is C13H25N3O2. The normalized spacial score (nSPS) is 20.3. The second-order valence-corrected chi connectivity index (χ2v) is 5.13. The molecule has 0 spiro atoms. The number of carbonyl (C=O) groups is 2. The number of likely N-dealkylation sites (tertiary alicyclic amines) is 1. The van der Waals surface area contributed by atoms with Crippen LogP contribution in [0.3, 0.4) is 0 Å². The lowest BCUT2D eigenvalue weighted by molar-refractivity contribution is -0.140. The molecule has 1 aliphatic rings. The number of hydrogen-bond donors (Lipinski definition) is 2. The monoisotopic (exact) mass is 255 g/mol. The van der Waals surface area contributed by atoms with Gasteiger partial charge in [0.1, 0.15) is 0 Å². The first kappa shape index (κ1) is 15.0. The molecule has 104 valence electrons. The van der Waals surface area contributed by atoms with Crippen molar-refractivity contribution in [2.24, 2.45) is 0 Å². The number of hydrogen-bond acceptors (Lipinski definition) is 3. The van der Waals surface area contributed by atoms with Crippen LogP contribution in [0.1, 0.15) is 40.0 Å². The Morgan fingerprint density at radius 3 is 2.83 bits per heavy atom. The molecule has 0 aromatic heterocycles. The summed E-state index contributed by atoms with van der Waals surface area (Å²) in [5, 5.41) is 6.06. The lowest BCUT2D eigenvalue weighted by Crippen LogP contribution is -2.53. The number of nitrogens with one attached hydrogen (secondary N) is 2. The zero-order valence-corrected chi connectivity index (χ0v) is 11.7. The van der Waals surface area contributed by atoms with Gasteiger partial charge in [0.2, 0.25) is 11.8 Å². The van der Waals surface area contributed by atoms with E-state index in [4.69, 9.17) is 0 Å². The predicted octanol–water partition coefficient (Wildman–Crippen LogP) is 0.502. The molecule has 0 aromatic rings. The van der Waals surface area contributed by atoms with Crippen LogP contribution in [0.4, 0.5) is 0 Å². The van der Waals surface area contributed by atoms with Crippen molar-refractivity contribution in [3.63, 3.8) is 0 Å². The van der Waals surface area contributed by atoms with Gasteiger partial charge in [-0.3, -0.25) is 9.59 Å². The van der Waals surface area contributed by atoms with E-state index < -0.39 is 0 Å². The van der Waals surface area contributed by atoms with Crippen molar-refractivity contribution in [3.05, 3.63) is 0 Å². The van der Waals surface area contributed by atoms with Gasteiger partial charge in [-0.05, 0) is 39.7 Å². The highest BCUT2D eigenvalue weighted by Gasteiger charge is 2.29. The fourth-order valence-corrected chi connectivity index (χ4v) is 2.15. The van der Waals surface area contributed by atoms with Gasteiger partial charge in [0.25, 0.3) is 0 Å². The third-order valence-electron chi connectivity index (χ3n) is 2.96. The van der Waals surface area contributed by atoms with E-state index in [1.807, 2.05) is 13.8 Å². The molecule has 0 radical (unpaired) electrons. The average molecular weight is 255 g/mol. The van der Waals surface area contributed by atoms with E-state index >= 15 is 0 Å². The molecule has 2 amide bonds. The third-order valence-corrected chi connectivity index (χ3v) is 2.96. The Balaban J connectivity index is 2.45. The summed E-state index contributed by atoms with van der Waals surface area (Å²) in [5.74, 6) is -0.0110. The number of rotatable bonds is 6. The summed E-state index contributed by atoms with van der Waals surface area (Å²) in [7, 11) is 0. The van der Waals surface area contributed by atoms with Gasteiger partial charge in [-0.15, -0.1) is 0 Å². The maximum atomic E-state index is 12.1. The van der Waals surface area contributed by atoms with Crippen LogP contribution in [0.2, 0.25) is 0 Å². The summed E-state index contributed by atoms with van der Waals surface area (Å²) in [6.07, 6.45) is 2.85. The molecule has 0 saturated carbocycles. The van der Waals surface area contributed by atoms with Gasteiger partial charge in [0.15, 0.2) is 0 Å². The van der Waals surface area contributed by atoms with Crippen LogP contribution in [-0.2, 0) is 9.59 Å². The SMILES string of the molecule is CCCNC1CCCN(CC(=O)NC(C)C)C1=O. The molecule has 1 saturated heterocycles. The molecular weight excluding hydrogens is 230 g/mol. The Hall–Kier alpha value is -1.10. The quantitative estimate of drug-likeness (QED) is 0.726. The van der Waals surface area contributed by atoms with Gasteiger partial charge < -0.3 is 15.5 Å². The van der Waals surface area contributed by atoms with Crippen molar-refractivity contribution >= 4 is 11.8 Å². The Labute approximate surface area is 109 Å². The molecule has 1 rings (SSSR count). The molecule has 2 N–H and O–H groups in total. The van der Waals surface area contributed by atoms with Crippen LogP contribution in [0.25, 0.3) is 0 Å².